The van der Waals surface area contributed by atoms with Crippen LogP contribution in [0, 0.1) is 0 Å². The summed E-state index contributed by atoms with van der Waals surface area (Å²) in [5.41, 5.74) is 0. The van der Waals surface area contributed by atoms with Crippen molar-refractivity contribution in [2.45, 2.75) is 64.2 Å². The predicted octanol–water partition coefficient (Wildman–Crippen LogP) is 3.15. The molecule has 0 saturated carbocycles. The Balaban J connectivity index is 2.35. The van der Waals surface area contributed by atoms with Crippen LogP contribution in [0.2, 0.25) is 18.1 Å². The minimum Gasteiger partial charge on any atom is -0.415 e. The van der Waals surface area contributed by atoms with Gasteiger partial charge >= 0.3 is 0 Å². The Morgan fingerprint density at radius 3 is 2.40 bits per heavy atom. The minimum absolute atomic E-state index is 0.335. The fraction of sp³-hybridized carbons (Fsp3) is 1.00. The lowest BCUT2D eigenvalue weighted by Crippen LogP contribution is -2.46. The van der Waals surface area contributed by atoms with E-state index in [0.29, 0.717) is 11.1 Å². The Hall–Kier alpha value is 0.137. The molecular weight excluding hydrogens is 202 g/mol. The van der Waals surface area contributed by atoms with Gasteiger partial charge in [0.25, 0.3) is 0 Å². The molecule has 15 heavy (non-hydrogen) atoms. The maximum absolute atomic E-state index is 6.21. The summed E-state index contributed by atoms with van der Waals surface area (Å²) in [5, 5.41) is 3.88. The lowest BCUT2D eigenvalue weighted by molar-refractivity contribution is 0.221. The standard InChI is InChI=1S/C12H27NOSi/c1-12(2,3)15(4,5)14-10-11-8-6-7-9-13-11/h11,13H,6-10H2,1-5H3/t11-/m1/s1. The maximum Gasteiger partial charge on any atom is 0.192 e. The first-order valence-electron chi connectivity index (χ1n) is 6.20. The van der Waals surface area contributed by atoms with Gasteiger partial charge < -0.3 is 9.74 Å². The second kappa shape index (κ2) is 4.98. The van der Waals surface area contributed by atoms with E-state index in [-0.39, 0.29) is 0 Å². The summed E-state index contributed by atoms with van der Waals surface area (Å²) in [6.07, 6.45) is 3.98. The third-order valence-electron chi connectivity index (χ3n) is 3.86. The molecule has 90 valence electrons. The Labute approximate surface area is 95.9 Å². The molecule has 1 aliphatic heterocycles. The zero-order valence-corrected chi connectivity index (χ0v) is 12.0. The minimum atomic E-state index is -1.53. The first-order chi connectivity index (χ1) is 6.83. The summed E-state index contributed by atoms with van der Waals surface area (Å²) >= 11 is 0. The predicted molar refractivity (Wildman–Crippen MR) is 68.8 cm³/mol. The van der Waals surface area contributed by atoms with Crippen molar-refractivity contribution < 1.29 is 4.43 Å². The van der Waals surface area contributed by atoms with Crippen molar-refractivity contribution in [3.8, 4) is 0 Å². The van der Waals surface area contributed by atoms with Crippen LogP contribution in [0.3, 0.4) is 0 Å². The van der Waals surface area contributed by atoms with Crippen molar-refractivity contribution in [3.05, 3.63) is 0 Å². The topological polar surface area (TPSA) is 21.3 Å². The van der Waals surface area contributed by atoms with E-state index in [1.807, 2.05) is 0 Å². The van der Waals surface area contributed by atoms with Crippen LogP contribution in [0.1, 0.15) is 40.0 Å². The smallest absolute Gasteiger partial charge is 0.192 e. The number of piperidine rings is 1. The summed E-state index contributed by atoms with van der Waals surface area (Å²) in [7, 11) is -1.53. The molecule has 0 aliphatic carbocycles. The molecule has 0 aromatic heterocycles. The second-order valence-corrected chi connectivity index (χ2v) is 11.0. The molecule has 1 heterocycles. The van der Waals surface area contributed by atoms with E-state index in [0.717, 1.165) is 6.61 Å². The SMILES string of the molecule is CC(C)(C)[Si](C)(C)OC[C@H]1CCCCN1. The fourth-order valence-electron chi connectivity index (χ4n) is 1.59. The van der Waals surface area contributed by atoms with Gasteiger partial charge in [-0.05, 0) is 37.5 Å². The van der Waals surface area contributed by atoms with Crippen LogP contribution in [0.4, 0.5) is 0 Å². The number of rotatable bonds is 3. The van der Waals surface area contributed by atoms with E-state index in [1.54, 1.807) is 0 Å². The number of hydrogen-bond acceptors (Lipinski definition) is 2. The average Bonchev–Trinajstić information content (AvgIpc) is 2.15. The summed E-state index contributed by atoms with van der Waals surface area (Å²) in [6.45, 7) is 13.6. The van der Waals surface area contributed by atoms with E-state index in [2.05, 4.69) is 39.2 Å². The highest BCUT2D eigenvalue weighted by Gasteiger charge is 2.37. The van der Waals surface area contributed by atoms with Gasteiger partial charge in [-0.25, -0.2) is 0 Å². The van der Waals surface area contributed by atoms with Crippen molar-refractivity contribution in [1.29, 1.82) is 0 Å². The van der Waals surface area contributed by atoms with E-state index in [1.165, 1.54) is 25.8 Å². The maximum atomic E-state index is 6.21. The molecule has 0 bridgehead atoms. The zero-order chi connectivity index (χ0) is 11.5. The van der Waals surface area contributed by atoms with Gasteiger partial charge in [-0.15, -0.1) is 0 Å². The van der Waals surface area contributed by atoms with Gasteiger partial charge in [-0.3, -0.25) is 0 Å². The highest BCUT2D eigenvalue weighted by Crippen LogP contribution is 2.36. The Kier molecular flexibility index (Phi) is 4.38. The van der Waals surface area contributed by atoms with E-state index < -0.39 is 8.32 Å². The third-order valence-corrected chi connectivity index (χ3v) is 8.36. The molecule has 1 N–H and O–H groups in total. The van der Waals surface area contributed by atoms with Crippen molar-refractivity contribution in [2.24, 2.45) is 0 Å². The molecule has 0 radical (unpaired) electrons. The molecule has 1 atom stereocenters. The van der Waals surface area contributed by atoms with Crippen molar-refractivity contribution in [1.82, 2.24) is 5.32 Å². The quantitative estimate of drug-likeness (QED) is 0.751. The van der Waals surface area contributed by atoms with Crippen molar-refractivity contribution >= 4 is 8.32 Å². The van der Waals surface area contributed by atoms with Crippen LogP contribution >= 0.6 is 0 Å². The van der Waals surface area contributed by atoms with Gasteiger partial charge in [-0.1, -0.05) is 27.2 Å². The molecule has 0 aromatic carbocycles. The van der Waals surface area contributed by atoms with Crippen LogP contribution in [0.5, 0.6) is 0 Å². The van der Waals surface area contributed by atoms with Crippen LogP contribution in [0.15, 0.2) is 0 Å². The van der Waals surface area contributed by atoms with Crippen molar-refractivity contribution in [2.75, 3.05) is 13.2 Å². The highest BCUT2D eigenvalue weighted by molar-refractivity contribution is 6.74. The molecule has 0 amide bonds. The first kappa shape index (κ1) is 13.2. The first-order valence-corrected chi connectivity index (χ1v) is 9.11. The molecule has 1 saturated heterocycles. The molecule has 3 heteroatoms. The van der Waals surface area contributed by atoms with Gasteiger partial charge in [0.1, 0.15) is 0 Å². The van der Waals surface area contributed by atoms with Crippen LogP contribution in [0.25, 0.3) is 0 Å². The zero-order valence-electron chi connectivity index (χ0n) is 11.0. The van der Waals surface area contributed by atoms with Gasteiger partial charge in [-0.2, -0.15) is 0 Å². The Morgan fingerprint density at radius 2 is 1.93 bits per heavy atom. The molecule has 1 aliphatic rings. The Bertz CT molecular complexity index is 192. The van der Waals surface area contributed by atoms with Gasteiger partial charge in [0.05, 0.1) is 0 Å². The second-order valence-electron chi connectivity index (χ2n) is 6.22. The Morgan fingerprint density at radius 1 is 1.27 bits per heavy atom. The largest absolute Gasteiger partial charge is 0.415 e. The average molecular weight is 229 g/mol. The molecule has 1 fully saturated rings. The summed E-state index contributed by atoms with van der Waals surface area (Å²) < 4.78 is 6.21. The van der Waals surface area contributed by atoms with Crippen LogP contribution < -0.4 is 5.32 Å². The summed E-state index contributed by atoms with van der Waals surface area (Å²) in [6, 6.07) is 0.605. The third kappa shape index (κ3) is 3.89. The van der Waals surface area contributed by atoms with Gasteiger partial charge in [0.15, 0.2) is 8.32 Å². The summed E-state index contributed by atoms with van der Waals surface area (Å²) in [4.78, 5) is 0. The van der Waals surface area contributed by atoms with Gasteiger partial charge in [0, 0.05) is 12.6 Å². The van der Waals surface area contributed by atoms with Crippen LogP contribution in [-0.4, -0.2) is 27.5 Å². The van der Waals surface area contributed by atoms with E-state index in [4.69, 9.17) is 4.43 Å². The van der Waals surface area contributed by atoms with Crippen LogP contribution in [-0.2, 0) is 4.43 Å². The fourth-order valence-corrected chi connectivity index (χ4v) is 2.64. The highest BCUT2D eigenvalue weighted by atomic mass is 28.4. The van der Waals surface area contributed by atoms with Crippen molar-refractivity contribution in [3.63, 3.8) is 0 Å². The number of nitrogens with one attached hydrogen (secondary N) is 1. The normalized spacial score (nSPS) is 24.2. The molecule has 0 aromatic rings. The van der Waals surface area contributed by atoms with Gasteiger partial charge in [0.2, 0.25) is 0 Å². The molecular formula is C12H27NOSi. The van der Waals surface area contributed by atoms with E-state index in [9.17, 15) is 0 Å². The lowest BCUT2D eigenvalue weighted by atomic mass is 10.1. The monoisotopic (exact) mass is 229 g/mol. The van der Waals surface area contributed by atoms with E-state index >= 15 is 0 Å². The molecule has 1 rings (SSSR count). The molecule has 2 nitrogen and oxygen atoms in total. The molecule has 0 unspecified atom stereocenters. The summed E-state index contributed by atoms with van der Waals surface area (Å²) in [5.74, 6) is 0. The molecule has 0 spiro atoms. The lowest BCUT2D eigenvalue weighted by Gasteiger charge is -2.38. The number of hydrogen-bond donors (Lipinski definition) is 1.